The molecule has 0 radical (unpaired) electrons. The molecule has 0 spiro atoms. The highest BCUT2D eigenvalue weighted by atomic mass is 35.5. The van der Waals surface area contributed by atoms with Crippen molar-refractivity contribution in [2.45, 2.75) is 12.6 Å². The van der Waals surface area contributed by atoms with Gasteiger partial charge in [0.1, 0.15) is 19.0 Å². The van der Waals surface area contributed by atoms with E-state index in [0.29, 0.717) is 47.4 Å². The lowest BCUT2D eigenvalue weighted by atomic mass is 10.1. The molecule has 0 bridgehead atoms. The highest BCUT2D eigenvalue weighted by molar-refractivity contribution is 6.31. The summed E-state index contributed by atoms with van der Waals surface area (Å²) in [4.78, 5) is 19.2. The number of pyridine rings is 1. The topological polar surface area (TPSA) is 103 Å². The molecular weight excluding hydrogens is 648 g/mol. The van der Waals surface area contributed by atoms with E-state index in [4.69, 9.17) is 35.3 Å². The van der Waals surface area contributed by atoms with Gasteiger partial charge >= 0.3 is 12.2 Å². The number of morpholine rings is 1. The van der Waals surface area contributed by atoms with Crippen LogP contribution in [-0.2, 0) is 10.9 Å². The summed E-state index contributed by atoms with van der Waals surface area (Å²) in [5.74, 6) is 0.520. The average molecular weight is 677 g/mol. The van der Waals surface area contributed by atoms with E-state index in [2.05, 4.69) is 20.5 Å². The predicted molar refractivity (Wildman–Crippen MR) is 166 cm³/mol. The van der Waals surface area contributed by atoms with Crippen LogP contribution < -0.4 is 29.6 Å². The van der Waals surface area contributed by atoms with E-state index in [1.165, 1.54) is 24.4 Å². The summed E-state index contributed by atoms with van der Waals surface area (Å²) in [6.07, 6.45) is -2.40. The molecule has 0 saturated carbocycles. The van der Waals surface area contributed by atoms with Crippen LogP contribution in [0, 0.1) is 5.82 Å². The Morgan fingerprint density at radius 3 is 2.38 bits per heavy atom. The van der Waals surface area contributed by atoms with Crippen molar-refractivity contribution in [2.24, 2.45) is 0 Å². The van der Waals surface area contributed by atoms with Crippen LogP contribution in [0.15, 0.2) is 54.7 Å². The van der Waals surface area contributed by atoms with Gasteiger partial charge in [0, 0.05) is 49.3 Å². The Balaban J connectivity index is 1.15. The third-order valence-electron chi connectivity index (χ3n) is 7.36. The zero-order valence-corrected chi connectivity index (χ0v) is 25.5. The van der Waals surface area contributed by atoms with E-state index in [1.807, 2.05) is 0 Å². The van der Waals surface area contributed by atoms with Crippen molar-refractivity contribution < 1.29 is 46.0 Å². The highest BCUT2D eigenvalue weighted by Crippen LogP contribution is 2.48. The van der Waals surface area contributed by atoms with Crippen molar-refractivity contribution in [1.82, 2.24) is 9.88 Å². The number of carbonyl (C=O) groups is 1. The van der Waals surface area contributed by atoms with Gasteiger partial charge in [-0.15, -0.1) is 0 Å². The molecule has 2 aliphatic rings. The Kier molecular flexibility index (Phi) is 9.71. The molecule has 1 aromatic heterocycles. The number of urea groups is 1. The molecule has 6 rings (SSSR count). The van der Waals surface area contributed by atoms with Gasteiger partial charge in [-0.1, -0.05) is 11.6 Å². The number of fused-ring (bicyclic) bond motifs is 3. The summed E-state index contributed by atoms with van der Waals surface area (Å²) < 4.78 is 84.0. The zero-order valence-electron chi connectivity index (χ0n) is 24.8. The third-order valence-corrected chi connectivity index (χ3v) is 7.69. The van der Waals surface area contributed by atoms with Gasteiger partial charge < -0.3 is 34.3 Å². The van der Waals surface area contributed by atoms with Gasteiger partial charge in [0.15, 0.2) is 23.1 Å². The molecule has 2 N–H and O–H groups in total. The van der Waals surface area contributed by atoms with Crippen molar-refractivity contribution in [2.75, 3.05) is 63.3 Å². The van der Waals surface area contributed by atoms with Crippen molar-refractivity contribution >= 4 is 39.9 Å². The number of alkyl halides is 3. The van der Waals surface area contributed by atoms with Crippen LogP contribution in [-0.4, -0.2) is 68.6 Å². The quantitative estimate of drug-likeness (QED) is 0.140. The minimum Gasteiger partial charge on any atom is -0.489 e. The predicted octanol–water partition coefficient (Wildman–Crippen LogP) is 7.35. The maximum Gasteiger partial charge on any atom is 0.417 e. The minimum atomic E-state index is -4.71. The number of rotatable bonds is 9. The van der Waals surface area contributed by atoms with Crippen molar-refractivity contribution in [3.05, 3.63) is 71.1 Å². The Bertz CT molecular complexity index is 1770. The van der Waals surface area contributed by atoms with Gasteiger partial charge in [-0.2, -0.15) is 13.2 Å². The first kappa shape index (κ1) is 32.4. The first-order valence-corrected chi connectivity index (χ1v) is 15.1. The van der Waals surface area contributed by atoms with Crippen molar-refractivity contribution in [3.8, 4) is 28.7 Å². The molecule has 0 unspecified atom stereocenters. The lowest BCUT2D eigenvalue weighted by Gasteiger charge is -2.26. The lowest BCUT2D eigenvalue weighted by Crippen LogP contribution is -2.37. The number of halogens is 5. The minimum absolute atomic E-state index is 0.0291. The Morgan fingerprint density at radius 2 is 1.64 bits per heavy atom. The Hall–Kier alpha value is -4.53. The van der Waals surface area contributed by atoms with Crippen LogP contribution in [0.25, 0.3) is 10.9 Å². The van der Waals surface area contributed by atoms with E-state index in [0.717, 1.165) is 51.4 Å². The van der Waals surface area contributed by atoms with Gasteiger partial charge in [0.25, 0.3) is 0 Å². The second-order valence-electron chi connectivity index (χ2n) is 10.6. The normalized spacial score (nSPS) is 14.9. The molecule has 3 heterocycles. The SMILES string of the molecule is O=C(Nc1ccc(Oc2ccnc3cc(OCCCN4CCOCC4)c4c(c23)OCCO4)c(F)c1)Nc1ccc(Cl)c(C(F)(F)F)c1. The van der Waals surface area contributed by atoms with E-state index < -0.39 is 28.6 Å². The first-order chi connectivity index (χ1) is 22.7. The van der Waals surface area contributed by atoms with Gasteiger partial charge in [0.05, 0.1) is 41.3 Å². The zero-order chi connectivity index (χ0) is 33.0. The summed E-state index contributed by atoms with van der Waals surface area (Å²) >= 11 is 5.63. The second kappa shape index (κ2) is 14.1. The lowest BCUT2D eigenvalue weighted by molar-refractivity contribution is -0.137. The first-order valence-electron chi connectivity index (χ1n) is 14.7. The molecule has 10 nitrogen and oxygen atoms in total. The molecule has 47 heavy (non-hydrogen) atoms. The summed E-state index contributed by atoms with van der Waals surface area (Å²) in [5, 5.41) is 4.61. The summed E-state index contributed by atoms with van der Waals surface area (Å²) in [7, 11) is 0. The molecule has 15 heteroatoms. The molecule has 0 aliphatic carbocycles. The highest BCUT2D eigenvalue weighted by Gasteiger charge is 2.33. The van der Waals surface area contributed by atoms with Crippen molar-refractivity contribution in [3.63, 3.8) is 0 Å². The smallest absolute Gasteiger partial charge is 0.417 e. The van der Waals surface area contributed by atoms with Crippen LogP contribution in [0.2, 0.25) is 5.02 Å². The van der Waals surface area contributed by atoms with Gasteiger partial charge in [-0.05, 0) is 42.8 Å². The number of amides is 2. The van der Waals surface area contributed by atoms with Gasteiger partial charge in [-0.25, -0.2) is 9.18 Å². The molecule has 4 aromatic rings. The van der Waals surface area contributed by atoms with E-state index >= 15 is 4.39 Å². The van der Waals surface area contributed by atoms with E-state index in [9.17, 15) is 18.0 Å². The molecule has 0 atom stereocenters. The molecule has 3 aromatic carbocycles. The third kappa shape index (κ3) is 7.72. The molecule has 248 valence electrons. The fourth-order valence-electron chi connectivity index (χ4n) is 5.15. The number of aromatic nitrogens is 1. The fourth-order valence-corrected chi connectivity index (χ4v) is 5.38. The van der Waals surface area contributed by atoms with Crippen LogP contribution >= 0.6 is 11.6 Å². The standard InChI is InChI=1S/C32H29ClF4N4O6/c33-22-4-2-19(16-21(22)32(35,36)37)39-31(42)40-20-3-5-25(23(34)17-20)47-26-6-7-38-24-18-27(29-30(28(24)26)46-15-14-45-29)44-11-1-8-41-9-12-43-13-10-41/h2-7,16-18H,1,8-15H2,(H2,39,40,42). The average Bonchev–Trinajstić information content (AvgIpc) is 3.05. The largest absolute Gasteiger partial charge is 0.489 e. The summed E-state index contributed by atoms with van der Waals surface area (Å²) in [5.41, 5.74) is -0.738. The van der Waals surface area contributed by atoms with Crippen LogP contribution in [0.1, 0.15) is 12.0 Å². The number of carbonyl (C=O) groups excluding carboxylic acids is 1. The van der Waals surface area contributed by atoms with Crippen LogP contribution in [0.5, 0.6) is 28.7 Å². The number of nitrogens with one attached hydrogen (secondary N) is 2. The van der Waals surface area contributed by atoms with E-state index in [1.54, 1.807) is 12.1 Å². The van der Waals surface area contributed by atoms with Crippen LogP contribution in [0.4, 0.5) is 33.7 Å². The number of nitrogens with zero attached hydrogens (tertiary/aromatic N) is 2. The number of ether oxygens (including phenoxy) is 5. The Morgan fingerprint density at radius 1 is 0.915 bits per heavy atom. The Labute approximate surface area is 271 Å². The van der Waals surface area contributed by atoms with Gasteiger partial charge in [-0.3, -0.25) is 9.88 Å². The number of benzene rings is 3. The van der Waals surface area contributed by atoms with Crippen LogP contribution in [0.3, 0.4) is 0 Å². The van der Waals surface area contributed by atoms with Crippen molar-refractivity contribution in [1.29, 1.82) is 0 Å². The summed E-state index contributed by atoms with van der Waals surface area (Å²) in [6.45, 7) is 5.16. The fraction of sp³-hybridized carbons (Fsp3) is 0.312. The number of anilines is 2. The maximum absolute atomic E-state index is 15.2. The number of hydrogen-bond donors (Lipinski definition) is 2. The maximum atomic E-state index is 15.2. The van der Waals surface area contributed by atoms with E-state index in [-0.39, 0.29) is 29.5 Å². The summed E-state index contributed by atoms with van der Waals surface area (Å²) in [6, 6.07) is 9.02. The molecular formula is C32H29ClF4N4O6. The number of hydrogen-bond acceptors (Lipinski definition) is 8. The molecule has 1 fully saturated rings. The molecule has 1 saturated heterocycles. The molecule has 2 amide bonds. The van der Waals surface area contributed by atoms with Gasteiger partial charge in [0.2, 0.25) is 5.75 Å². The molecule has 2 aliphatic heterocycles. The second-order valence-corrected chi connectivity index (χ2v) is 11.0. The monoisotopic (exact) mass is 676 g/mol.